The summed E-state index contributed by atoms with van der Waals surface area (Å²) >= 11 is 0. The van der Waals surface area contributed by atoms with E-state index in [4.69, 9.17) is 10.3 Å². The van der Waals surface area contributed by atoms with Crippen molar-refractivity contribution in [1.29, 1.82) is 0 Å². The van der Waals surface area contributed by atoms with Crippen molar-refractivity contribution in [3.05, 3.63) is 33.9 Å². The van der Waals surface area contributed by atoms with Gasteiger partial charge in [-0.25, -0.2) is 18.6 Å². The number of aromatic nitrogens is 2. The molecule has 2 aromatic heterocycles. The summed E-state index contributed by atoms with van der Waals surface area (Å²) in [6.45, 7) is 5.76. The normalized spacial score (nSPS) is 19.1. The molecule has 1 saturated heterocycles. The average Bonchev–Trinajstić information content (AvgIpc) is 2.99. The second-order valence-corrected chi connectivity index (χ2v) is 10.00. The van der Waals surface area contributed by atoms with Crippen LogP contribution in [0.2, 0.25) is 0 Å². The number of carbonyl (C=O) groups is 1. The number of nitrogens with zero attached hydrogens (tertiary/aromatic N) is 3. The predicted molar refractivity (Wildman–Crippen MR) is 115 cm³/mol. The van der Waals surface area contributed by atoms with Crippen molar-refractivity contribution in [2.45, 2.75) is 32.5 Å². The van der Waals surface area contributed by atoms with Gasteiger partial charge in [0.2, 0.25) is 5.43 Å². The molecule has 2 atom stereocenters. The highest BCUT2D eigenvalue weighted by atomic mass is 32.2. The number of hydrogen-bond acceptors (Lipinski definition) is 7. The Morgan fingerprint density at radius 3 is 2.34 bits per heavy atom. The highest BCUT2D eigenvalue weighted by Crippen LogP contribution is 2.29. The first-order valence-corrected chi connectivity index (χ1v) is 11.4. The van der Waals surface area contributed by atoms with Crippen LogP contribution in [0.25, 0.3) is 11.0 Å². The van der Waals surface area contributed by atoms with Crippen LogP contribution in [0, 0.1) is 11.7 Å². The topological polar surface area (TPSA) is 156 Å². The van der Waals surface area contributed by atoms with Crippen LogP contribution >= 0.6 is 0 Å². The maximum Gasteiger partial charge on any atom is 0.341 e. The lowest BCUT2D eigenvalue weighted by Gasteiger charge is -2.26. The van der Waals surface area contributed by atoms with E-state index in [0.29, 0.717) is 6.26 Å². The highest BCUT2D eigenvalue weighted by molar-refractivity contribution is 7.85. The van der Waals surface area contributed by atoms with Crippen molar-refractivity contribution in [2.75, 3.05) is 30.8 Å². The molecule has 1 fully saturated rings. The van der Waals surface area contributed by atoms with Gasteiger partial charge in [0.1, 0.15) is 17.4 Å². The third-order valence-corrected chi connectivity index (χ3v) is 4.83. The van der Waals surface area contributed by atoms with E-state index in [1.165, 1.54) is 15.7 Å². The number of hydrogen-bond donors (Lipinski definition) is 3. The number of carboxylic acid groups (broad SMARTS) is 1. The Kier molecular flexibility index (Phi) is 7.27. The maximum absolute atomic E-state index is 14.7. The summed E-state index contributed by atoms with van der Waals surface area (Å²) < 4.78 is 56.2. The first-order chi connectivity index (χ1) is 14.5. The Hall–Kier alpha value is -2.64. The fourth-order valence-electron chi connectivity index (χ4n) is 3.33. The third kappa shape index (κ3) is 5.78. The summed E-state index contributed by atoms with van der Waals surface area (Å²) in [6, 6.07) is 0.984. The first-order valence-electron chi connectivity index (χ1n) is 9.55. The quantitative estimate of drug-likeness (QED) is 0.554. The van der Waals surface area contributed by atoms with Gasteiger partial charge in [-0.15, -0.1) is 0 Å². The van der Waals surface area contributed by atoms with Crippen LogP contribution in [0.1, 0.15) is 31.1 Å². The van der Waals surface area contributed by atoms with E-state index >= 15 is 0 Å². The van der Waals surface area contributed by atoms with Crippen LogP contribution < -0.4 is 16.1 Å². The van der Waals surface area contributed by atoms with Gasteiger partial charge in [0.15, 0.2) is 11.6 Å². The van der Waals surface area contributed by atoms with Crippen molar-refractivity contribution >= 4 is 32.9 Å². The van der Waals surface area contributed by atoms with Crippen molar-refractivity contribution < 1.29 is 31.7 Å². The molecule has 0 saturated carbocycles. The molecule has 1 aliphatic rings. The molecule has 0 aromatic carbocycles. The van der Waals surface area contributed by atoms with Crippen LogP contribution in [-0.4, -0.2) is 65.7 Å². The molecule has 13 heteroatoms. The van der Waals surface area contributed by atoms with Crippen LogP contribution in [0.5, 0.6) is 0 Å². The zero-order chi connectivity index (χ0) is 24.6. The summed E-state index contributed by atoms with van der Waals surface area (Å²) in [6.07, 6.45) is 0.741. The van der Waals surface area contributed by atoms with Gasteiger partial charge >= 0.3 is 5.97 Å². The molecule has 178 valence electrons. The minimum Gasteiger partial charge on any atom is -0.477 e. The van der Waals surface area contributed by atoms with Crippen LogP contribution in [-0.2, 0) is 15.7 Å². The van der Waals surface area contributed by atoms with Gasteiger partial charge in [0.05, 0.1) is 18.2 Å². The van der Waals surface area contributed by atoms with Gasteiger partial charge in [-0.05, 0) is 33.4 Å². The van der Waals surface area contributed by atoms with Crippen LogP contribution in [0.4, 0.5) is 14.6 Å². The molecule has 2 aromatic rings. The Labute approximate surface area is 183 Å². The molecule has 32 heavy (non-hydrogen) atoms. The monoisotopic (exact) mass is 476 g/mol. The number of rotatable bonds is 3. The van der Waals surface area contributed by atoms with Crippen molar-refractivity contribution in [3.63, 3.8) is 0 Å². The zero-order valence-electron chi connectivity index (χ0n) is 18.0. The summed E-state index contributed by atoms with van der Waals surface area (Å²) in [4.78, 5) is 29.7. The van der Waals surface area contributed by atoms with Gasteiger partial charge in [-0.3, -0.25) is 9.35 Å². The molecule has 4 N–H and O–H groups in total. The number of halogens is 2. The Morgan fingerprint density at radius 1 is 1.34 bits per heavy atom. The van der Waals surface area contributed by atoms with E-state index in [-0.39, 0.29) is 36.5 Å². The van der Waals surface area contributed by atoms with Crippen LogP contribution in [0.3, 0.4) is 0 Å². The fraction of sp³-hybridized carbons (Fsp3) is 0.526. The molecule has 0 amide bonds. The number of aromatic carboxylic acids is 1. The maximum atomic E-state index is 14.7. The first kappa shape index (κ1) is 25.6. The van der Waals surface area contributed by atoms with Crippen LogP contribution in [0.15, 0.2) is 17.1 Å². The number of fused-ring (bicyclic) bond motifs is 1. The van der Waals surface area contributed by atoms with E-state index in [2.05, 4.69) is 4.98 Å². The lowest BCUT2D eigenvalue weighted by molar-refractivity contribution is 0.0694. The fourth-order valence-corrected chi connectivity index (χ4v) is 3.33. The summed E-state index contributed by atoms with van der Waals surface area (Å²) in [7, 11) is -3.67. The SMILES string of the molecule is CC(C)(C)n1cc(C(=O)O)c(=O)c2cc(F)c(N3C[C@@H](CN)[C@H](F)C3)nc21.CS(=O)(=O)O. The Bertz CT molecular complexity index is 1180. The van der Waals surface area contributed by atoms with E-state index in [9.17, 15) is 31.9 Å². The smallest absolute Gasteiger partial charge is 0.341 e. The summed E-state index contributed by atoms with van der Waals surface area (Å²) in [5.74, 6) is -2.68. The molecule has 0 unspecified atom stereocenters. The molecule has 0 spiro atoms. The van der Waals surface area contributed by atoms with Gasteiger partial charge < -0.3 is 20.3 Å². The third-order valence-electron chi connectivity index (χ3n) is 4.83. The van der Waals surface area contributed by atoms with Gasteiger partial charge in [0.25, 0.3) is 10.1 Å². The minimum absolute atomic E-state index is 0.0374. The molecule has 3 heterocycles. The van der Waals surface area contributed by atoms with Crippen molar-refractivity contribution in [3.8, 4) is 0 Å². The van der Waals surface area contributed by atoms with Gasteiger partial charge in [0, 0.05) is 24.2 Å². The lowest BCUT2D eigenvalue weighted by atomic mass is 10.1. The Morgan fingerprint density at radius 2 is 1.91 bits per heavy atom. The largest absolute Gasteiger partial charge is 0.477 e. The number of nitrogens with two attached hydrogens (primary N) is 1. The predicted octanol–water partition coefficient (Wildman–Crippen LogP) is 1.23. The van der Waals surface area contributed by atoms with E-state index in [0.717, 1.165) is 6.07 Å². The minimum atomic E-state index is -3.67. The molecule has 10 nitrogen and oxygen atoms in total. The summed E-state index contributed by atoms with van der Waals surface area (Å²) in [5, 5.41) is 9.18. The van der Waals surface area contributed by atoms with E-state index in [1.807, 2.05) is 20.8 Å². The number of anilines is 1. The second-order valence-electron chi connectivity index (χ2n) is 8.53. The van der Waals surface area contributed by atoms with Gasteiger partial charge in [-0.2, -0.15) is 8.42 Å². The molecule has 0 radical (unpaired) electrons. The highest BCUT2D eigenvalue weighted by Gasteiger charge is 2.34. The lowest BCUT2D eigenvalue weighted by Crippen LogP contribution is -2.30. The number of pyridine rings is 2. The van der Waals surface area contributed by atoms with E-state index < -0.39 is 50.5 Å². The summed E-state index contributed by atoms with van der Waals surface area (Å²) in [5.41, 5.74) is 3.83. The molecular weight excluding hydrogens is 450 g/mol. The second kappa shape index (κ2) is 9.08. The molecule has 3 rings (SSSR count). The van der Waals surface area contributed by atoms with Crippen molar-refractivity contribution in [1.82, 2.24) is 9.55 Å². The van der Waals surface area contributed by atoms with Crippen molar-refractivity contribution in [2.24, 2.45) is 11.7 Å². The number of alkyl halides is 1. The number of carboxylic acids is 1. The zero-order valence-corrected chi connectivity index (χ0v) is 18.9. The Balaban J connectivity index is 0.000000654. The molecular formula is C19H26F2N4O6S. The molecule has 0 bridgehead atoms. The molecule has 1 aliphatic heterocycles. The standard InChI is InChI=1S/C18H22F2N4O3.CH4O3S/c1-18(2,3)24-7-11(17(26)27)14(25)10-4-12(19)16(22-15(10)24)23-6-9(5-21)13(20)8-23;1-5(2,3)4/h4,7,9,13H,5-6,8,21H2,1-3H3,(H,26,27);1H3,(H,2,3,4)/t9-,13-;/m1./s1. The van der Waals surface area contributed by atoms with Gasteiger partial charge in [-0.1, -0.05) is 0 Å². The van der Waals surface area contributed by atoms with E-state index in [1.54, 1.807) is 0 Å². The average molecular weight is 477 g/mol. The molecule has 0 aliphatic carbocycles.